The van der Waals surface area contributed by atoms with Crippen LogP contribution in [-0.4, -0.2) is 18.6 Å². The highest BCUT2D eigenvalue weighted by molar-refractivity contribution is 7.11. The van der Waals surface area contributed by atoms with E-state index in [2.05, 4.69) is 40.8 Å². The Kier molecular flexibility index (Phi) is 5.42. The molecular formula is C22H22N2O2S. The number of thiophene rings is 1. The first kappa shape index (κ1) is 17.6. The number of rotatable bonds is 8. The Morgan fingerprint density at radius 1 is 1.04 bits per heavy atom. The normalized spacial score (nSPS) is 11.0. The first-order valence-electron chi connectivity index (χ1n) is 8.97. The molecule has 27 heavy (non-hydrogen) atoms. The van der Waals surface area contributed by atoms with Crippen LogP contribution in [0.25, 0.3) is 10.9 Å². The van der Waals surface area contributed by atoms with Crippen molar-refractivity contribution in [1.29, 1.82) is 0 Å². The van der Waals surface area contributed by atoms with Crippen LogP contribution in [0.5, 0.6) is 16.6 Å². The second kappa shape index (κ2) is 8.29. The van der Waals surface area contributed by atoms with Gasteiger partial charge in [-0.15, -0.1) is 11.3 Å². The molecule has 0 aliphatic heterocycles. The van der Waals surface area contributed by atoms with Crippen LogP contribution >= 0.6 is 11.3 Å². The second-order valence-corrected chi connectivity index (χ2v) is 7.24. The van der Waals surface area contributed by atoms with Crippen LogP contribution < -0.4 is 14.8 Å². The fraction of sp³-hybridized carbons (Fsp3) is 0.182. The van der Waals surface area contributed by atoms with Crippen molar-refractivity contribution >= 4 is 22.2 Å². The van der Waals surface area contributed by atoms with Gasteiger partial charge in [-0.05, 0) is 71.9 Å². The summed E-state index contributed by atoms with van der Waals surface area (Å²) >= 11 is 1.60. The van der Waals surface area contributed by atoms with Gasteiger partial charge in [0.15, 0.2) is 5.06 Å². The van der Waals surface area contributed by atoms with Gasteiger partial charge in [0, 0.05) is 23.6 Å². The third-order valence-corrected chi connectivity index (χ3v) is 5.23. The van der Waals surface area contributed by atoms with Gasteiger partial charge in [0.05, 0.1) is 7.11 Å². The zero-order valence-electron chi connectivity index (χ0n) is 15.2. The summed E-state index contributed by atoms with van der Waals surface area (Å²) in [7, 11) is 1.70. The molecule has 4 rings (SSSR count). The van der Waals surface area contributed by atoms with Crippen LogP contribution in [0.2, 0.25) is 0 Å². The number of hydrogen-bond acceptors (Lipinski definition) is 4. The van der Waals surface area contributed by atoms with Crippen LogP contribution in [0.3, 0.4) is 0 Å². The van der Waals surface area contributed by atoms with Gasteiger partial charge < -0.3 is 19.8 Å². The molecule has 0 spiro atoms. The molecular weight excluding hydrogens is 356 g/mol. The number of H-pyrrole nitrogens is 1. The molecule has 0 fully saturated rings. The number of ether oxygens (including phenoxy) is 2. The molecule has 0 radical (unpaired) electrons. The van der Waals surface area contributed by atoms with Crippen LogP contribution in [0, 0.1) is 0 Å². The quantitative estimate of drug-likeness (QED) is 0.406. The highest BCUT2D eigenvalue weighted by Crippen LogP contribution is 2.26. The Bertz CT molecular complexity index is 1010. The van der Waals surface area contributed by atoms with E-state index in [9.17, 15) is 0 Å². The molecule has 0 aliphatic carbocycles. The van der Waals surface area contributed by atoms with Crippen molar-refractivity contribution in [3.63, 3.8) is 0 Å². The van der Waals surface area contributed by atoms with Gasteiger partial charge in [0.25, 0.3) is 0 Å². The van der Waals surface area contributed by atoms with E-state index in [1.807, 2.05) is 35.7 Å². The molecule has 0 unspecified atom stereocenters. The van der Waals surface area contributed by atoms with Crippen LogP contribution in [0.15, 0.2) is 66.2 Å². The Balaban J connectivity index is 1.32. The van der Waals surface area contributed by atoms with Crippen LogP contribution in [-0.2, 0) is 13.0 Å². The molecule has 0 amide bonds. The third kappa shape index (κ3) is 4.32. The summed E-state index contributed by atoms with van der Waals surface area (Å²) < 4.78 is 11.2. The molecule has 2 N–H and O–H groups in total. The summed E-state index contributed by atoms with van der Waals surface area (Å²) in [5.74, 6) is 1.76. The lowest BCUT2D eigenvalue weighted by Crippen LogP contribution is -2.16. The maximum absolute atomic E-state index is 5.87. The lowest BCUT2D eigenvalue weighted by atomic mass is 10.1. The largest absolute Gasteiger partial charge is 0.497 e. The predicted octanol–water partition coefficient (Wildman–Crippen LogP) is 5.36. The molecule has 0 bridgehead atoms. The predicted molar refractivity (Wildman–Crippen MR) is 111 cm³/mol. The minimum atomic E-state index is 0.813. The summed E-state index contributed by atoms with van der Waals surface area (Å²) in [4.78, 5) is 3.33. The first-order valence-corrected chi connectivity index (χ1v) is 9.85. The number of hydrogen-bond donors (Lipinski definition) is 2. The molecule has 0 atom stereocenters. The van der Waals surface area contributed by atoms with E-state index in [0.29, 0.717) is 0 Å². The third-order valence-electron chi connectivity index (χ3n) is 4.49. The first-order chi connectivity index (χ1) is 13.3. The summed E-state index contributed by atoms with van der Waals surface area (Å²) in [6.07, 6.45) is 3.04. The van der Waals surface area contributed by atoms with Crippen molar-refractivity contribution in [3.05, 3.63) is 77.3 Å². The highest BCUT2D eigenvalue weighted by Gasteiger charge is 2.05. The van der Waals surface area contributed by atoms with E-state index in [1.165, 1.54) is 16.5 Å². The summed E-state index contributed by atoms with van der Waals surface area (Å²) in [6.45, 7) is 1.72. The SMILES string of the molecule is COc1ccc2[nH]cc(CCNCc3cccc(Oc4cccs4)c3)c2c1. The maximum atomic E-state index is 5.87. The number of aromatic amines is 1. The van der Waals surface area contributed by atoms with Crippen molar-refractivity contribution < 1.29 is 9.47 Å². The fourth-order valence-corrected chi connectivity index (χ4v) is 3.70. The fourth-order valence-electron chi connectivity index (χ4n) is 3.10. The average molecular weight is 378 g/mol. The van der Waals surface area contributed by atoms with Crippen molar-refractivity contribution in [2.45, 2.75) is 13.0 Å². The lowest BCUT2D eigenvalue weighted by Gasteiger charge is -2.08. The molecule has 4 nitrogen and oxygen atoms in total. The Morgan fingerprint density at radius 3 is 2.85 bits per heavy atom. The monoisotopic (exact) mass is 378 g/mol. The smallest absolute Gasteiger partial charge is 0.180 e. The molecule has 4 aromatic rings. The van der Waals surface area contributed by atoms with Gasteiger partial charge >= 0.3 is 0 Å². The Morgan fingerprint density at radius 2 is 2.00 bits per heavy atom. The topological polar surface area (TPSA) is 46.3 Å². The highest BCUT2D eigenvalue weighted by atomic mass is 32.1. The van der Waals surface area contributed by atoms with Gasteiger partial charge in [-0.2, -0.15) is 0 Å². The average Bonchev–Trinajstić information content (AvgIpc) is 3.35. The molecule has 5 heteroatoms. The van der Waals surface area contributed by atoms with Crippen LogP contribution in [0.1, 0.15) is 11.1 Å². The van der Waals surface area contributed by atoms with Crippen molar-refractivity contribution in [2.24, 2.45) is 0 Å². The summed E-state index contributed by atoms with van der Waals surface area (Å²) in [5.41, 5.74) is 3.65. The van der Waals surface area contributed by atoms with Gasteiger partial charge in [-0.25, -0.2) is 0 Å². The number of benzene rings is 2. The van der Waals surface area contributed by atoms with E-state index in [-0.39, 0.29) is 0 Å². The van der Waals surface area contributed by atoms with Crippen LogP contribution in [0.4, 0.5) is 0 Å². The molecule has 0 aliphatic rings. The van der Waals surface area contributed by atoms with Gasteiger partial charge in [0.1, 0.15) is 11.5 Å². The lowest BCUT2D eigenvalue weighted by molar-refractivity contribution is 0.415. The van der Waals surface area contributed by atoms with Crippen molar-refractivity contribution in [1.82, 2.24) is 10.3 Å². The Hall–Kier alpha value is -2.76. The Labute approximate surface area is 162 Å². The zero-order valence-corrected chi connectivity index (χ0v) is 16.0. The van der Waals surface area contributed by atoms with E-state index in [0.717, 1.165) is 41.6 Å². The maximum Gasteiger partial charge on any atom is 0.180 e. The number of fused-ring (bicyclic) bond motifs is 1. The molecule has 2 heterocycles. The van der Waals surface area contributed by atoms with E-state index < -0.39 is 0 Å². The van der Waals surface area contributed by atoms with Crippen molar-refractivity contribution in [3.8, 4) is 16.6 Å². The molecule has 2 aromatic heterocycles. The minimum Gasteiger partial charge on any atom is -0.497 e. The van der Waals surface area contributed by atoms with Gasteiger partial charge in [-0.1, -0.05) is 12.1 Å². The number of nitrogens with one attached hydrogen (secondary N) is 2. The summed E-state index contributed by atoms with van der Waals surface area (Å²) in [6, 6.07) is 18.3. The second-order valence-electron chi connectivity index (χ2n) is 6.33. The van der Waals surface area contributed by atoms with E-state index in [4.69, 9.17) is 9.47 Å². The molecule has 0 saturated carbocycles. The minimum absolute atomic E-state index is 0.813. The van der Waals surface area contributed by atoms with Crippen molar-refractivity contribution in [2.75, 3.05) is 13.7 Å². The van der Waals surface area contributed by atoms with E-state index >= 15 is 0 Å². The number of methoxy groups -OCH3 is 1. The zero-order chi connectivity index (χ0) is 18.5. The standard InChI is InChI=1S/C22H22N2O2S/c1-25-18-7-8-21-20(13-18)17(15-24-21)9-10-23-14-16-4-2-5-19(12-16)26-22-6-3-11-27-22/h2-8,11-13,15,23-24H,9-10,14H2,1H3. The van der Waals surface area contributed by atoms with Gasteiger partial charge in [-0.3, -0.25) is 0 Å². The molecule has 138 valence electrons. The van der Waals surface area contributed by atoms with E-state index in [1.54, 1.807) is 18.4 Å². The number of aromatic nitrogens is 1. The van der Waals surface area contributed by atoms with Gasteiger partial charge in [0.2, 0.25) is 0 Å². The molecule has 2 aromatic carbocycles. The molecule has 0 saturated heterocycles. The summed E-state index contributed by atoms with van der Waals surface area (Å²) in [5, 5.41) is 7.67.